The van der Waals surface area contributed by atoms with E-state index in [1.54, 1.807) is 6.07 Å². The first kappa shape index (κ1) is 22.5. The van der Waals surface area contributed by atoms with Crippen LogP contribution in [-0.2, 0) is 4.74 Å². The molecule has 3 aromatic rings. The average molecular weight is 419 g/mol. The molecule has 0 fully saturated rings. The molecule has 1 aromatic heterocycles. The summed E-state index contributed by atoms with van der Waals surface area (Å²) in [6.07, 6.45) is -0.107. The molecule has 0 spiro atoms. The average Bonchev–Trinajstić information content (AvgIpc) is 2.74. The Balaban J connectivity index is 1.69. The molecular formula is C26H30N2O3. The van der Waals surface area contributed by atoms with E-state index in [4.69, 9.17) is 9.47 Å². The summed E-state index contributed by atoms with van der Waals surface area (Å²) in [7, 11) is 0. The minimum absolute atomic E-state index is 0.107. The fourth-order valence-corrected chi connectivity index (χ4v) is 3.27. The molecule has 1 unspecified atom stereocenters. The second-order valence-corrected chi connectivity index (χ2v) is 7.77. The summed E-state index contributed by atoms with van der Waals surface area (Å²) in [5.41, 5.74) is 3.93. The Morgan fingerprint density at radius 1 is 1.00 bits per heavy atom. The Kier molecular flexibility index (Phi) is 7.42. The zero-order valence-corrected chi connectivity index (χ0v) is 18.8. The standard InChI is InChI=1S/C26H30N2O3/c1-6-30-19(5)25-15-14-24(18(4)27-25)26(29)28-21-8-7-9-23(16-21)31-22-12-10-20(11-13-22)17(2)3/h7-17,19H,6H2,1-5H3,(H,28,29). The van der Waals surface area contributed by atoms with Crippen molar-refractivity contribution in [2.75, 3.05) is 11.9 Å². The molecule has 1 atom stereocenters. The number of aryl methyl sites for hydroxylation is 1. The SMILES string of the molecule is CCOC(C)c1ccc(C(=O)Nc2cccc(Oc3ccc(C(C)C)cc3)c2)c(C)n1. The number of pyridine rings is 1. The summed E-state index contributed by atoms with van der Waals surface area (Å²) in [5.74, 6) is 1.68. The van der Waals surface area contributed by atoms with Crippen LogP contribution in [0.5, 0.6) is 11.5 Å². The predicted octanol–water partition coefficient (Wildman–Crippen LogP) is 6.66. The van der Waals surface area contributed by atoms with Crippen molar-refractivity contribution in [1.82, 2.24) is 4.98 Å². The number of hydrogen-bond donors (Lipinski definition) is 1. The van der Waals surface area contributed by atoms with E-state index in [-0.39, 0.29) is 12.0 Å². The number of aromatic nitrogens is 1. The monoisotopic (exact) mass is 418 g/mol. The summed E-state index contributed by atoms with van der Waals surface area (Å²) in [6.45, 7) is 10.7. The Bertz CT molecular complexity index is 1030. The van der Waals surface area contributed by atoms with Gasteiger partial charge in [0.2, 0.25) is 0 Å². The van der Waals surface area contributed by atoms with Crippen LogP contribution in [0.1, 0.15) is 67.0 Å². The number of carbonyl (C=O) groups is 1. The van der Waals surface area contributed by atoms with E-state index in [2.05, 4.69) is 36.3 Å². The fourth-order valence-electron chi connectivity index (χ4n) is 3.27. The van der Waals surface area contributed by atoms with E-state index in [1.165, 1.54) is 5.56 Å². The van der Waals surface area contributed by atoms with Gasteiger partial charge >= 0.3 is 0 Å². The lowest BCUT2D eigenvalue weighted by Gasteiger charge is -2.14. The van der Waals surface area contributed by atoms with Gasteiger partial charge in [0.25, 0.3) is 5.91 Å². The van der Waals surface area contributed by atoms with Gasteiger partial charge in [-0.25, -0.2) is 0 Å². The first-order valence-electron chi connectivity index (χ1n) is 10.7. The maximum absolute atomic E-state index is 12.8. The second-order valence-electron chi connectivity index (χ2n) is 7.77. The highest BCUT2D eigenvalue weighted by atomic mass is 16.5. The van der Waals surface area contributed by atoms with E-state index in [9.17, 15) is 4.79 Å². The number of benzene rings is 2. The number of carbonyl (C=O) groups excluding carboxylic acids is 1. The summed E-state index contributed by atoms with van der Waals surface area (Å²) >= 11 is 0. The van der Waals surface area contributed by atoms with Crippen molar-refractivity contribution in [2.45, 2.75) is 46.6 Å². The Hall–Kier alpha value is -3.18. The summed E-state index contributed by atoms with van der Waals surface area (Å²) in [5, 5.41) is 2.93. The van der Waals surface area contributed by atoms with Crippen LogP contribution in [0, 0.1) is 6.92 Å². The lowest BCUT2D eigenvalue weighted by molar-refractivity contribution is 0.0732. The largest absolute Gasteiger partial charge is 0.457 e. The Labute approximate surface area is 184 Å². The molecule has 0 radical (unpaired) electrons. The number of nitrogens with one attached hydrogen (secondary N) is 1. The van der Waals surface area contributed by atoms with Crippen molar-refractivity contribution in [3.63, 3.8) is 0 Å². The van der Waals surface area contributed by atoms with Crippen molar-refractivity contribution < 1.29 is 14.3 Å². The van der Waals surface area contributed by atoms with Crippen molar-refractivity contribution in [3.8, 4) is 11.5 Å². The van der Waals surface area contributed by atoms with Gasteiger partial charge in [0, 0.05) is 18.4 Å². The number of nitrogens with zero attached hydrogens (tertiary/aromatic N) is 1. The maximum Gasteiger partial charge on any atom is 0.257 e. The lowest BCUT2D eigenvalue weighted by Crippen LogP contribution is -2.15. The van der Waals surface area contributed by atoms with Gasteiger partial charge in [-0.3, -0.25) is 9.78 Å². The predicted molar refractivity (Wildman–Crippen MR) is 124 cm³/mol. The molecular weight excluding hydrogens is 388 g/mol. The number of rotatable bonds is 8. The summed E-state index contributed by atoms with van der Waals surface area (Å²) in [4.78, 5) is 17.3. The van der Waals surface area contributed by atoms with Crippen LogP contribution in [0.15, 0.2) is 60.7 Å². The molecule has 1 heterocycles. The van der Waals surface area contributed by atoms with Crippen molar-refractivity contribution in [1.29, 1.82) is 0 Å². The van der Waals surface area contributed by atoms with Gasteiger partial charge in [-0.05, 0) is 68.7 Å². The highest BCUT2D eigenvalue weighted by Gasteiger charge is 2.14. The van der Waals surface area contributed by atoms with Gasteiger partial charge in [0.05, 0.1) is 23.1 Å². The van der Waals surface area contributed by atoms with Gasteiger partial charge in [-0.1, -0.05) is 32.0 Å². The smallest absolute Gasteiger partial charge is 0.257 e. The van der Waals surface area contributed by atoms with Gasteiger partial charge in [0.15, 0.2) is 0 Å². The molecule has 2 aromatic carbocycles. The fraction of sp³-hybridized carbons (Fsp3) is 0.308. The molecule has 162 valence electrons. The molecule has 3 rings (SSSR count). The topological polar surface area (TPSA) is 60.5 Å². The summed E-state index contributed by atoms with van der Waals surface area (Å²) < 4.78 is 11.5. The second kappa shape index (κ2) is 10.2. The normalized spacial score (nSPS) is 11.9. The van der Waals surface area contributed by atoms with E-state index < -0.39 is 0 Å². The molecule has 5 nitrogen and oxygen atoms in total. The lowest BCUT2D eigenvalue weighted by atomic mass is 10.0. The molecule has 1 N–H and O–H groups in total. The van der Waals surface area contributed by atoms with E-state index in [0.29, 0.717) is 35.2 Å². The van der Waals surface area contributed by atoms with E-state index in [1.807, 2.05) is 63.2 Å². The summed E-state index contributed by atoms with van der Waals surface area (Å²) in [6, 6.07) is 19.0. The minimum atomic E-state index is -0.209. The van der Waals surface area contributed by atoms with Gasteiger partial charge in [-0.15, -0.1) is 0 Å². The van der Waals surface area contributed by atoms with Crippen LogP contribution < -0.4 is 10.1 Å². The maximum atomic E-state index is 12.8. The van der Waals surface area contributed by atoms with E-state index >= 15 is 0 Å². The molecule has 0 saturated heterocycles. The third-order valence-electron chi connectivity index (χ3n) is 5.06. The molecule has 1 amide bonds. The highest BCUT2D eigenvalue weighted by Crippen LogP contribution is 2.26. The van der Waals surface area contributed by atoms with Gasteiger partial charge in [-0.2, -0.15) is 0 Å². The molecule has 0 aliphatic rings. The molecule has 5 heteroatoms. The molecule has 0 saturated carbocycles. The highest BCUT2D eigenvalue weighted by molar-refractivity contribution is 6.05. The third kappa shape index (κ3) is 5.92. The Morgan fingerprint density at radius 3 is 2.39 bits per heavy atom. The number of amides is 1. The molecule has 0 aliphatic carbocycles. The van der Waals surface area contributed by atoms with Crippen molar-refractivity contribution in [3.05, 3.63) is 83.2 Å². The zero-order chi connectivity index (χ0) is 22.4. The quantitative estimate of drug-likeness (QED) is 0.444. The van der Waals surface area contributed by atoms with E-state index in [0.717, 1.165) is 11.4 Å². The van der Waals surface area contributed by atoms with Gasteiger partial charge in [0.1, 0.15) is 11.5 Å². The van der Waals surface area contributed by atoms with Crippen LogP contribution >= 0.6 is 0 Å². The molecule has 0 aliphatic heterocycles. The van der Waals surface area contributed by atoms with Crippen molar-refractivity contribution in [2.24, 2.45) is 0 Å². The first-order chi connectivity index (χ1) is 14.9. The van der Waals surface area contributed by atoms with Crippen LogP contribution in [0.2, 0.25) is 0 Å². The Morgan fingerprint density at radius 2 is 1.74 bits per heavy atom. The third-order valence-corrected chi connectivity index (χ3v) is 5.06. The van der Waals surface area contributed by atoms with Crippen LogP contribution in [0.4, 0.5) is 5.69 Å². The number of hydrogen-bond acceptors (Lipinski definition) is 4. The van der Waals surface area contributed by atoms with Crippen LogP contribution in [0.3, 0.4) is 0 Å². The first-order valence-corrected chi connectivity index (χ1v) is 10.7. The van der Waals surface area contributed by atoms with Crippen molar-refractivity contribution >= 4 is 11.6 Å². The zero-order valence-electron chi connectivity index (χ0n) is 18.8. The molecule has 0 bridgehead atoms. The number of ether oxygens (including phenoxy) is 2. The minimum Gasteiger partial charge on any atom is -0.457 e. The van der Waals surface area contributed by atoms with Crippen LogP contribution in [-0.4, -0.2) is 17.5 Å². The molecule has 31 heavy (non-hydrogen) atoms. The number of anilines is 1. The van der Waals surface area contributed by atoms with Gasteiger partial charge < -0.3 is 14.8 Å². The van der Waals surface area contributed by atoms with Crippen LogP contribution in [0.25, 0.3) is 0 Å².